The van der Waals surface area contributed by atoms with Gasteiger partial charge in [0.1, 0.15) is 11.5 Å². The van der Waals surface area contributed by atoms with Gasteiger partial charge in [0.25, 0.3) is 0 Å². The van der Waals surface area contributed by atoms with E-state index in [1.54, 1.807) is 7.11 Å². The predicted octanol–water partition coefficient (Wildman–Crippen LogP) is 6.02. The number of ether oxygens (including phenoxy) is 2. The highest BCUT2D eigenvalue weighted by atomic mass is 79.9. The van der Waals surface area contributed by atoms with Gasteiger partial charge in [-0.2, -0.15) is 0 Å². The number of benzene rings is 1. The van der Waals surface area contributed by atoms with Crippen LogP contribution >= 0.6 is 15.9 Å². The predicted molar refractivity (Wildman–Crippen MR) is 111 cm³/mol. The smallest absolute Gasteiger partial charge is 0.311 e. The number of hydrogen-bond donors (Lipinski definition) is 0. The lowest BCUT2D eigenvalue weighted by Crippen LogP contribution is -2.53. The van der Waals surface area contributed by atoms with Crippen LogP contribution in [0.2, 0.25) is 0 Å². The first-order chi connectivity index (χ1) is 12.6. The summed E-state index contributed by atoms with van der Waals surface area (Å²) in [6, 6.07) is 5.74. The highest BCUT2D eigenvalue weighted by molar-refractivity contribution is 9.10. The molecule has 2 unspecified atom stereocenters. The molecule has 1 aromatic rings. The molecule has 2 atom stereocenters. The van der Waals surface area contributed by atoms with Crippen LogP contribution in [0.3, 0.4) is 0 Å². The fraction of sp³-hybridized carbons (Fsp3) is 0.696. The molecule has 0 spiro atoms. The first-order valence-corrected chi connectivity index (χ1v) is 11.0. The van der Waals surface area contributed by atoms with E-state index >= 15 is 0 Å². The minimum absolute atomic E-state index is 0.0799. The molecule has 0 heterocycles. The Bertz CT molecular complexity index is 734. The average Bonchev–Trinajstić information content (AvgIpc) is 2.51. The summed E-state index contributed by atoms with van der Waals surface area (Å²) in [7, 11) is 1.66. The molecule has 4 fully saturated rings. The summed E-state index contributed by atoms with van der Waals surface area (Å²) in [4.78, 5) is 13.0. The molecule has 0 radical (unpaired) electrons. The molecule has 27 heavy (non-hydrogen) atoms. The van der Waals surface area contributed by atoms with E-state index in [1.165, 1.54) is 32.1 Å². The molecule has 4 aliphatic rings. The first-order valence-electron chi connectivity index (χ1n) is 10.2. The molecule has 148 valence electrons. The normalized spacial score (nSPS) is 34.6. The molecule has 4 aliphatic carbocycles. The van der Waals surface area contributed by atoms with E-state index in [4.69, 9.17) is 9.47 Å². The van der Waals surface area contributed by atoms with Gasteiger partial charge in [0.15, 0.2) is 0 Å². The molecule has 5 rings (SSSR count). The summed E-state index contributed by atoms with van der Waals surface area (Å²) in [5.41, 5.74) is 1.03. The maximum Gasteiger partial charge on any atom is 0.311 e. The Morgan fingerprint density at radius 1 is 1.19 bits per heavy atom. The number of carbonyl (C=O) groups excluding carboxylic acids is 1. The number of carbonyl (C=O) groups is 1. The number of methoxy groups -OCH3 is 1. The summed E-state index contributed by atoms with van der Waals surface area (Å²) < 4.78 is 11.6. The quantitative estimate of drug-likeness (QED) is 0.330. The van der Waals surface area contributed by atoms with Crippen molar-refractivity contribution in [2.24, 2.45) is 17.3 Å². The second-order valence-corrected chi connectivity index (χ2v) is 12.1. The number of halogens is 1. The molecular formula is C23H31BrO3. The number of alkyl halides is 1. The van der Waals surface area contributed by atoms with Gasteiger partial charge in [-0.15, -0.1) is 0 Å². The van der Waals surface area contributed by atoms with E-state index in [-0.39, 0.29) is 21.1 Å². The van der Waals surface area contributed by atoms with Crippen LogP contribution in [0, 0.1) is 17.3 Å². The van der Waals surface area contributed by atoms with Crippen molar-refractivity contribution >= 4 is 21.9 Å². The summed E-state index contributed by atoms with van der Waals surface area (Å²) in [6.45, 7) is 6.40. The molecule has 0 aromatic heterocycles. The zero-order valence-electron chi connectivity index (χ0n) is 16.9. The molecule has 0 amide bonds. The van der Waals surface area contributed by atoms with Crippen LogP contribution in [-0.4, -0.2) is 17.4 Å². The first kappa shape index (κ1) is 19.3. The Labute approximate surface area is 171 Å². The van der Waals surface area contributed by atoms with Gasteiger partial charge in [0, 0.05) is 9.89 Å². The van der Waals surface area contributed by atoms with Gasteiger partial charge in [-0.1, -0.05) is 36.7 Å². The third-order valence-electron chi connectivity index (χ3n) is 6.85. The maximum absolute atomic E-state index is 13.0. The highest BCUT2D eigenvalue weighted by Gasteiger charge is 2.57. The summed E-state index contributed by atoms with van der Waals surface area (Å²) in [5, 5.41) is 0. The standard InChI is InChI=1S/C23H31BrO3/c1-21(2,3)18-8-17(26-4)5-6-19(18)27-20(25)13-22-9-15-7-16(10-22)12-23(24,11-15)14-22/h5-6,8,15-16H,7,9-14H2,1-4H3. The Hall–Kier alpha value is -1.03. The van der Waals surface area contributed by atoms with Crippen LogP contribution in [0.1, 0.15) is 71.3 Å². The Balaban J connectivity index is 1.52. The highest BCUT2D eigenvalue weighted by Crippen LogP contribution is 2.65. The van der Waals surface area contributed by atoms with Crippen molar-refractivity contribution in [3.8, 4) is 11.5 Å². The van der Waals surface area contributed by atoms with Gasteiger partial charge in [0.2, 0.25) is 0 Å². The van der Waals surface area contributed by atoms with Gasteiger partial charge in [-0.25, -0.2) is 0 Å². The van der Waals surface area contributed by atoms with E-state index in [0.29, 0.717) is 12.2 Å². The number of hydrogen-bond acceptors (Lipinski definition) is 3. The van der Waals surface area contributed by atoms with Crippen LogP contribution in [0.5, 0.6) is 11.5 Å². The lowest BCUT2D eigenvalue weighted by Gasteiger charge is -2.60. The van der Waals surface area contributed by atoms with Crippen molar-refractivity contribution in [2.45, 2.75) is 75.5 Å². The number of esters is 1. The third kappa shape index (κ3) is 3.79. The van der Waals surface area contributed by atoms with Crippen LogP contribution < -0.4 is 9.47 Å². The Morgan fingerprint density at radius 3 is 2.41 bits per heavy atom. The number of rotatable bonds is 4. The van der Waals surface area contributed by atoms with Gasteiger partial charge >= 0.3 is 5.97 Å². The van der Waals surface area contributed by atoms with Crippen molar-refractivity contribution in [1.82, 2.24) is 0 Å². The van der Waals surface area contributed by atoms with Crippen LogP contribution in [0.4, 0.5) is 0 Å². The third-order valence-corrected chi connectivity index (χ3v) is 7.78. The lowest BCUT2D eigenvalue weighted by atomic mass is 9.49. The largest absolute Gasteiger partial charge is 0.497 e. The van der Waals surface area contributed by atoms with Gasteiger partial charge < -0.3 is 9.47 Å². The van der Waals surface area contributed by atoms with Crippen molar-refractivity contribution in [3.05, 3.63) is 23.8 Å². The van der Waals surface area contributed by atoms with E-state index in [1.807, 2.05) is 18.2 Å². The van der Waals surface area contributed by atoms with Gasteiger partial charge in [-0.05, 0) is 79.4 Å². The summed E-state index contributed by atoms with van der Waals surface area (Å²) in [6.07, 6.45) is 7.98. The Morgan fingerprint density at radius 2 is 1.85 bits per heavy atom. The SMILES string of the molecule is COc1ccc(OC(=O)CC23CC4CC(CC(Br)(C4)C2)C3)c(C(C)(C)C)c1. The molecule has 4 heteroatoms. The van der Waals surface area contributed by atoms with Gasteiger partial charge in [-0.3, -0.25) is 4.79 Å². The summed E-state index contributed by atoms with van der Waals surface area (Å²) >= 11 is 4.04. The molecule has 4 bridgehead atoms. The lowest BCUT2D eigenvalue weighted by molar-refractivity contribution is -0.141. The van der Waals surface area contributed by atoms with E-state index in [0.717, 1.165) is 29.6 Å². The Kier molecular flexibility index (Phi) is 4.65. The van der Waals surface area contributed by atoms with E-state index in [9.17, 15) is 4.79 Å². The van der Waals surface area contributed by atoms with Crippen LogP contribution in [0.15, 0.2) is 18.2 Å². The molecule has 3 nitrogen and oxygen atoms in total. The van der Waals surface area contributed by atoms with Gasteiger partial charge in [0.05, 0.1) is 13.5 Å². The minimum atomic E-state index is -0.120. The van der Waals surface area contributed by atoms with Crippen LogP contribution in [-0.2, 0) is 10.2 Å². The van der Waals surface area contributed by atoms with Crippen molar-refractivity contribution in [2.75, 3.05) is 7.11 Å². The zero-order valence-corrected chi connectivity index (χ0v) is 18.5. The molecule has 4 saturated carbocycles. The second-order valence-electron chi connectivity index (χ2n) is 10.4. The molecule has 0 N–H and O–H groups in total. The van der Waals surface area contributed by atoms with Crippen molar-refractivity contribution in [3.63, 3.8) is 0 Å². The van der Waals surface area contributed by atoms with E-state index in [2.05, 4.69) is 36.7 Å². The topological polar surface area (TPSA) is 35.5 Å². The molecule has 0 saturated heterocycles. The zero-order chi connectivity index (χ0) is 19.4. The fourth-order valence-corrected chi connectivity index (χ4v) is 7.83. The molecule has 1 aromatic carbocycles. The maximum atomic E-state index is 13.0. The van der Waals surface area contributed by atoms with Crippen LogP contribution in [0.25, 0.3) is 0 Å². The van der Waals surface area contributed by atoms with Crippen molar-refractivity contribution in [1.29, 1.82) is 0 Å². The van der Waals surface area contributed by atoms with E-state index < -0.39 is 0 Å². The monoisotopic (exact) mass is 434 g/mol. The molecule has 0 aliphatic heterocycles. The summed E-state index contributed by atoms with van der Waals surface area (Å²) in [5.74, 6) is 2.95. The van der Waals surface area contributed by atoms with Crippen molar-refractivity contribution < 1.29 is 14.3 Å². The second kappa shape index (κ2) is 6.50. The fourth-order valence-electron chi connectivity index (χ4n) is 6.32. The average molecular weight is 435 g/mol. The molecular weight excluding hydrogens is 404 g/mol. The minimum Gasteiger partial charge on any atom is -0.497 e.